The Morgan fingerprint density at radius 1 is 1.07 bits per heavy atom. The quantitative estimate of drug-likeness (QED) is 0.669. The smallest absolute Gasteiger partial charge is 0.328 e. The van der Waals surface area contributed by atoms with E-state index in [2.05, 4.69) is 48.1 Å². The third-order valence-electron chi connectivity index (χ3n) is 4.81. The summed E-state index contributed by atoms with van der Waals surface area (Å²) in [4.78, 5) is 10.9. The van der Waals surface area contributed by atoms with Gasteiger partial charge in [-0.15, -0.1) is 0 Å². The summed E-state index contributed by atoms with van der Waals surface area (Å²) >= 11 is 0. The molecule has 0 spiro atoms. The lowest BCUT2D eigenvalue weighted by Crippen LogP contribution is -2.18. The van der Waals surface area contributed by atoms with E-state index < -0.39 is 5.97 Å². The first-order chi connectivity index (χ1) is 12.3. The van der Waals surface area contributed by atoms with E-state index in [0.29, 0.717) is 5.75 Å². The lowest BCUT2D eigenvalue weighted by atomic mass is 9.76. The number of benzene rings is 1. The molecule has 0 heterocycles. The van der Waals surface area contributed by atoms with Crippen LogP contribution in [-0.4, -0.2) is 16.2 Å². The maximum Gasteiger partial charge on any atom is 0.328 e. The van der Waals surface area contributed by atoms with E-state index in [4.69, 9.17) is 5.11 Å². The number of hydrogen-bond acceptors (Lipinski definition) is 2. The second kappa shape index (κ2) is 7.22. The summed E-state index contributed by atoms with van der Waals surface area (Å²) in [7, 11) is 0. The Kier molecular flexibility index (Phi) is 5.55. The third kappa shape index (κ3) is 4.60. The molecule has 1 aromatic rings. The summed E-state index contributed by atoms with van der Waals surface area (Å²) < 4.78 is 0. The predicted molar refractivity (Wildman–Crippen MR) is 112 cm³/mol. The molecule has 0 aliphatic heterocycles. The van der Waals surface area contributed by atoms with Crippen molar-refractivity contribution in [1.29, 1.82) is 0 Å². The zero-order valence-electron chi connectivity index (χ0n) is 17.1. The fourth-order valence-corrected chi connectivity index (χ4v) is 3.26. The Bertz CT molecular complexity index is 818. The molecule has 0 bridgehead atoms. The maximum absolute atomic E-state index is 10.9. The van der Waals surface area contributed by atoms with Crippen LogP contribution in [0.15, 0.2) is 54.7 Å². The van der Waals surface area contributed by atoms with Gasteiger partial charge in [0, 0.05) is 23.1 Å². The number of hydrogen-bond donors (Lipinski definition) is 2. The van der Waals surface area contributed by atoms with E-state index >= 15 is 0 Å². The SMILES string of the molecule is C=C1C(c2cc(C(C)(C)C)c(O)c(C(C)(C)C)c2)=CC=CC1C=CC(=O)O. The molecule has 1 atom stereocenters. The van der Waals surface area contributed by atoms with Crippen molar-refractivity contribution in [2.45, 2.75) is 52.4 Å². The molecule has 0 aromatic heterocycles. The first-order valence-corrected chi connectivity index (χ1v) is 9.19. The predicted octanol–water partition coefficient (Wildman–Crippen LogP) is 5.75. The highest BCUT2D eigenvalue weighted by Gasteiger charge is 2.28. The largest absolute Gasteiger partial charge is 0.507 e. The van der Waals surface area contributed by atoms with Crippen molar-refractivity contribution in [3.63, 3.8) is 0 Å². The molecule has 1 aliphatic rings. The van der Waals surface area contributed by atoms with E-state index in [9.17, 15) is 9.90 Å². The van der Waals surface area contributed by atoms with Gasteiger partial charge < -0.3 is 10.2 Å². The van der Waals surface area contributed by atoms with Crippen LogP contribution in [0.1, 0.15) is 58.2 Å². The summed E-state index contributed by atoms with van der Waals surface area (Å²) in [5.74, 6) is -0.785. The Hall–Kier alpha value is -2.55. The summed E-state index contributed by atoms with van der Waals surface area (Å²) in [5, 5.41) is 19.8. The first kappa shape index (κ1) is 20.8. The Labute approximate surface area is 162 Å². The second-order valence-corrected chi connectivity index (χ2v) is 9.13. The van der Waals surface area contributed by atoms with E-state index in [1.54, 1.807) is 6.08 Å². The van der Waals surface area contributed by atoms with Gasteiger partial charge in [0.25, 0.3) is 0 Å². The van der Waals surface area contributed by atoms with Crippen LogP contribution < -0.4 is 0 Å². The molecule has 27 heavy (non-hydrogen) atoms. The summed E-state index contributed by atoms with van der Waals surface area (Å²) in [6.07, 6.45) is 8.66. The molecule has 0 radical (unpaired) electrons. The molecular weight excluding hydrogens is 336 g/mol. The van der Waals surface area contributed by atoms with Crippen molar-refractivity contribution in [3.05, 3.63) is 71.4 Å². The van der Waals surface area contributed by atoms with Crippen molar-refractivity contribution >= 4 is 11.5 Å². The van der Waals surface area contributed by atoms with E-state index in [1.165, 1.54) is 0 Å². The summed E-state index contributed by atoms with van der Waals surface area (Å²) in [5.41, 5.74) is 4.17. The maximum atomic E-state index is 10.9. The molecular formula is C24H30O3. The molecule has 3 heteroatoms. The zero-order chi connectivity index (χ0) is 20.6. The van der Waals surface area contributed by atoms with Gasteiger partial charge in [-0.05, 0) is 39.7 Å². The van der Waals surface area contributed by atoms with Crippen LogP contribution in [0.5, 0.6) is 5.75 Å². The van der Waals surface area contributed by atoms with E-state index in [0.717, 1.165) is 33.9 Å². The van der Waals surface area contributed by atoms with Gasteiger partial charge in [0.05, 0.1) is 0 Å². The summed E-state index contributed by atoms with van der Waals surface area (Å²) in [6, 6.07) is 4.05. The van der Waals surface area contributed by atoms with Gasteiger partial charge in [0.15, 0.2) is 0 Å². The number of phenolic OH excluding ortho intramolecular Hbond substituents is 1. The lowest BCUT2D eigenvalue weighted by molar-refractivity contribution is -0.131. The highest BCUT2D eigenvalue weighted by atomic mass is 16.4. The molecule has 2 rings (SSSR count). The van der Waals surface area contributed by atoms with Crippen LogP contribution in [-0.2, 0) is 15.6 Å². The minimum atomic E-state index is -0.970. The van der Waals surface area contributed by atoms with Crippen molar-refractivity contribution in [2.75, 3.05) is 0 Å². The number of rotatable bonds is 3. The lowest BCUT2D eigenvalue weighted by Gasteiger charge is -2.29. The second-order valence-electron chi connectivity index (χ2n) is 9.13. The van der Waals surface area contributed by atoms with Gasteiger partial charge in [-0.2, -0.15) is 0 Å². The van der Waals surface area contributed by atoms with Gasteiger partial charge in [-0.1, -0.05) is 72.4 Å². The molecule has 144 valence electrons. The molecule has 0 saturated carbocycles. The van der Waals surface area contributed by atoms with E-state index in [-0.39, 0.29) is 16.7 Å². The number of allylic oxidation sites excluding steroid dienone is 6. The van der Waals surface area contributed by atoms with Gasteiger partial charge in [0.1, 0.15) is 5.75 Å². The Morgan fingerprint density at radius 3 is 2.04 bits per heavy atom. The minimum Gasteiger partial charge on any atom is -0.507 e. The number of carboxylic acid groups (broad SMARTS) is 1. The molecule has 0 fully saturated rings. The van der Waals surface area contributed by atoms with E-state index in [1.807, 2.05) is 30.4 Å². The number of phenols is 1. The van der Waals surface area contributed by atoms with Crippen LogP contribution in [0.4, 0.5) is 0 Å². The molecule has 1 unspecified atom stereocenters. The number of aliphatic carboxylic acids is 1. The van der Waals surface area contributed by atoms with Crippen molar-refractivity contribution in [1.82, 2.24) is 0 Å². The minimum absolute atomic E-state index is 0.161. The van der Waals surface area contributed by atoms with Crippen LogP contribution in [0.2, 0.25) is 0 Å². The molecule has 0 saturated heterocycles. The number of carboxylic acids is 1. The topological polar surface area (TPSA) is 57.5 Å². The third-order valence-corrected chi connectivity index (χ3v) is 4.81. The summed E-state index contributed by atoms with van der Waals surface area (Å²) in [6.45, 7) is 16.7. The van der Waals surface area contributed by atoms with Crippen molar-refractivity contribution in [2.24, 2.45) is 5.92 Å². The number of carbonyl (C=O) groups is 1. The standard InChI is InChI=1S/C24H30O3/c1-15-16(11-12-21(25)26)9-8-10-18(15)17-13-19(23(2,3)4)22(27)20(14-17)24(5,6)7/h8-14,16,27H,1H2,2-7H3,(H,25,26). The normalized spacial score (nSPS) is 18.1. The fraction of sp³-hybridized carbons (Fsp3) is 0.375. The molecule has 0 amide bonds. The monoisotopic (exact) mass is 366 g/mol. The van der Waals surface area contributed by atoms with Gasteiger partial charge in [0.2, 0.25) is 0 Å². The molecule has 1 aromatic carbocycles. The van der Waals surface area contributed by atoms with Crippen molar-refractivity contribution < 1.29 is 15.0 Å². The van der Waals surface area contributed by atoms with Crippen molar-refractivity contribution in [3.8, 4) is 5.75 Å². The number of aromatic hydroxyl groups is 1. The van der Waals surface area contributed by atoms with Crippen LogP contribution in [0.3, 0.4) is 0 Å². The van der Waals surface area contributed by atoms with Crippen LogP contribution in [0.25, 0.3) is 5.57 Å². The Morgan fingerprint density at radius 2 is 1.59 bits per heavy atom. The average Bonchev–Trinajstić information content (AvgIpc) is 2.52. The Balaban J connectivity index is 2.61. The molecule has 1 aliphatic carbocycles. The first-order valence-electron chi connectivity index (χ1n) is 9.19. The van der Waals surface area contributed by atoms with Crippen LogP contribution in [0, 0.1) is 5.92 Å². The highest BCUT2D eigenvalue weighted by molar-refractivity contribution is 5.85. The fourth-order valence-electron chi connectivity index (χ4n) is 3.26. The highest BCUT2D eigenvalue weighted by Crippen LogP contribution is 2.43. The molecule has 3 nitrogen and oxygen atoms in total. The van der Waals surface area contributed by atoms with Crippen LogP contribution >= 0.6 is 0 Å². The van der Waals surface area contributed by atoms with Gasteiger partial charge >= 0.3 is 5.97 Å². The zero-order valence-corrected chi connectivity index (χ0v) is 17.1. The average molecular weight is 367 g/mol. The van der Waals surface area contributed by atoms with Gasteiger partial charge in [-0.25, -0.2) is 4.79 Å². The van der Waals surface area contributed by atoms with Gasteiger partial charge in [-0.3, -0.25) is 0 Å². The molecule has 2 N–H and O–H groups in total.